The summed E-state index contributed by atoms with van der Waals surface area (Å²) in [6.45, 7) is 4.80. The lowest BCUT2D eigenvalue weighted by Crippen LogP contribution is -2.46. The van der Waals surface area contributed by atoms with E-state index in [0.717, 1.165) is 24.0 Å². The minimum absolute atomic E-state index is 0.763. The zero-order chi connectivity index (χ0) is 13.5. The van der Waals surface area contributed by atoms with Crippen molar-refractivity contribution in [3.8, 4) is 0 Å². The molecular formula is C18H26N2. The van der Waals surface area contributed by atoms with Crippen LogP contribution in [0.4, 0.5) is 0 Å². The van der Waals surface area contributed by atoms with Gasteiger partial charge in [-0.3, -0.25) is 4.90 Å². The maximum atomic E-state index is 3.90. The zero-order valence-corrected chi connectivity index (χ0v) is 12.5. The fourth-order valence-electron chi connectivity index (χ4n) is 3.89. The summed E-state index contributed by atoms with van der Waals surface area (Å²) in [6.07, 6.45) is 6.94. The molecular weight excluding hydrogens is 244 g/mol. The van der Waals surface area contributed by atoms with E-state index in [0.29, 0.717) is 0 Å². The molecule has 1 unspecified atom stereocenters. The van der Waals surface area contributed by atoms with Gasteiger partial charge in [0.05, 0.1) is 0 Å². The number of aryl methyl sites for hydroxylation is 1. The Balaban J connectivity index is 1.24. The molecule has 2 nitrogen and oxygen atoms in total. The van der Waals surface area contributed by atoms with Crippen molar-refractivity contribution in [3.05, 3.63) is 35.4 Å². The van der Waals surface area contributed by atoms with E-state index in [2.05, 4.69) is 41.4 Å². The van der Waals surface area contributed by atoms with Crippen molar-refractivity contribution < 1.29 is 0 Å². The van der Waals surface area contributed by atoms with Crippen LogP contribution in [0.25, 0.3) is 0 Å². The normalized spacial score (nSPS) is 34.1. The number of nitrogens with zero attached hydrogens (tertiary/aromatic N) is 1. The van der Waals surface area contributed by atoms with Crippen molar-refractivity contribution in [3.63, 3.8) is 0 Å². The van der Waals surface area contributed by atoms with Gasteiger partial charge < -0.3 is 5.32 Å². The summed E-state index contributed by atoms with van der Waals surface area (Å²) >= 11 is 0. The van der Waals surface area contributed by atoms with Gasteiger partial charge in [0, 0.05) is 31.2 Å². The van der Waals surface area contributed by atoms with Gasteiger partial charge >= 0.3 is 0 Å². The molecule has 0 spiro atoms. The van der Waals surface area contributed by atoms with Gasteiger partial charge in [-0.25, -0.2) is 0 Å². The fraction of sp³-hybridized carbons (Fsp3) is 0.667. The van der Waals surface area contributed by atoms with Gasteiger partial charge in [0.25, 0.3) is 0 Å². The summed E-state index contributed by atoms with van der Waals surface area (Å²) in [5.74, 6) is 0.800. The number of hydrogen-bond acceptors (Lipinski definition) is 2. The highest BCUT2D eigenvalue weighted by molar-refractivity contribution is 5.26. The first kappa shape index (κ1) is 12.8. The van der Waals surface area contributed by atoms with Crippen LogP contribution in [-0.2, 0) is 0 Å². The zero-order valence-electron chi connectivity index (χ0n) is 12.5. The first-order valence-corrected chi connectivity index (χ1v) is 8.34. The summed E-state index contributed by atoms with van der Waals surface area (Å²) in [7, 11) is 0. The van der Waals surface area contributed by atoms with Gasteiger partial charge in [-0.05, 0) is 50.5 Å². The number of likely N-dealkylation sites (tertiary alicyclic amines) is 1. The van der Waals surface area contributed by atoms with Gasteiger partial charge in [-0.1, -0.05) is 29.8 Å². The van der Waals surface area contributed by atoms with Crippen molar-refractivity contribution >= 4 is 0 Å². The van der Waals surface area contributed by atoms with Crippen LogP contribution in [0.15, 0.2) is 24.3 Å². The highest BCUT2D eigenvalue weighted by Crippen LogP contribution is 2.38. The lowest BCUT2D eigenvalue weighted by molar-refractivity contribution is 0.255. The predicted octanol–water partition coefficient (Wildman–Crippen LogP) is 3.07. The maximum absolute atomic E-state index is 3.90. The van der Waals surface area contributed by atoms with Crippen molar-refractivity contribution in [2.75, 3.05) is 13.1 Å². The Labute approximate surface area is 122 Å². The standard InChI is InChI=1S/C18H26N2/c1-13-2-4-14(5-3-13)15-10-17(11-15)19-16-8-9-20(12-16)18-6-7-18/h2-5,15-19H,6-12H2,1H3. The maximum Gasteiger partial charge on any atom is 0.0209 e. The number of benzene rings is 1. The molecule has 4 rings (SSSR count). The average molecular weight is 270 g/mol. The summed E-state index contributed by atoms with van der Waals surface area (Å²) in [5, 5.41) is 3.90. The van der Waals surface area contributed by atoms with E-state index >= 15 is 0 Å². The summed E-state index contributed by atoms with van der Waals surface area (Å²) in [4.78, 5) is 2.70. The van der Waals surface area contributed by atoms with Gasteiger partial charge in [-0.2, -0.15) is 0 Å². The predicted molar refractivity (Wildman–Crippen MR) is 83.1 cm³/mol. The van der Waals surface area contributed by atoms with Gasteiger partial charge in [-0.15, -0.1) is 0 Å². The van der Waals surface area contributed by atoms with E-state index in [1.54, 1.807) is 5.56 Å². The highest BCUT2D eigenvalue weighted by Gasteiger charge is 2.37. The van der Waals surface area contributed by atoms with Crippen molar-refractivity contribution in [1.29, 1.82) is 0 Å². The Morgan fingerprint density at radius 2 is 1.75 bits per heavy atom. The van der Waals surface area contributed by atoms with E-state index < -0.39 is 0 Å². The molecule has 0 aromatic heterocycles. The van der Waals surface area contributed by atoms with Crippen molar-refractivity contribution in [2.45, 2.75) is 63.1 Å². The molecule has 1 atom stereocenters. The van der Waals surface area contributed by atoms with E-state index in [-0.39, 0.29) is 0 Å². The van der Waals surface area contributed by atoms with E-state index in [1.165, 1.54) is 50.8 Å². The van der Waals surface area contributed by atoms with Crippen LogP contribution in [0, 0.1) is 6.92 Å². The van der Waals surface area contributed by atoms with Gasteiger partial charge in [0.2, 0.25) is 0 Å². The molecule has 2 saturated carbocycles. The first-order chi connectivity index (χ1) is 9.78. The monoisotopic (exact) mass is 270 g/mol. The van der Waals surface area contributed by atoms with Crippen molar-refractivity contribution in [1.82, 2.24) is 10.2 Å². The quantitative estimate of drug-likeness (QED) is 0.904. The van der Waals surface area contributed by atoms with Gasteiger partial charge in [0.1, 0.15) is 0 Å². The minimum Gasteiger partial charge on any atom is -0.310 e. The summed E-state index contributed by atoms with van der Waals surface area (Å²) in [5.41, 5.74) is 2.91. The van der Waals surface area contributed by atoms with Crippen LogP contribution in [0.1, 0.15) is 49.1 Å². The molecule has 0 radical (unpaired) electrons. The Morgan fingerprint density at radius 1 is 1.00 bits per heavy atom. The Hall–Kier alpha value is -0.860. The Morgan fingerprint density at radius 3 is 2.45 bits per heavy atom. The number of nitrogens with one attached hydrogen (secondary N) is 1. The third-order valence-corrected chi connectivity index (χ3v) is 5.44. The summed E-state index contributed by atoms with van der Waals surface area (Å²) < 4.78 is 0. The molecule has 2 heteroatoms. The van der Waals surface area contributed by atoms with Crippen LogP contribution in [0.2, 0.25) is 0 Å². The average Bonchev–Trinajstić information content (AvgIpc) is 3.15. The van der Waals surface area contributed by atoms with Crippen LogP contribution < -0.4 is 5.32 Å². The lowest BCUT2D eigenvalue weighted by Gasteiger charge is -2.38. The number of rotatable bonds is 4. The van der Waals surface area contributed by atoms with Crippen LogP contribution in [0.5, 0.6) is 0 Å². The van der Waals surface area contributed by atoms with Crippen LogP contribution in [0.3, 0.4) is 0 Å². The largest absolute Gasteiger partial charge is 0.310 e. The first-order valence-electron chi connectivity index (χ1n) is 8.34. The topological polar surface area (TPSA) is 15.3 Å². The lowest BCUT2D eigenvalue weighted by atomic mass is 9.75. The molecule has 1 N–H and O–H groups in total. The Kier molecular flexibility index (Phi) is 3.31. The molecule has 1 saturated heterocycles. The molecule has 0 bridgehead atoms. The number of hydrogen-bond donors (Lipinski definition) is 1. The third kappa shape index (κ3) is 2.64. The van der Waals surface area contributed by atoms with E-state index in [1.807, 2.05) is 0 Å². The van der Waals surface area contributed by atoms with Crippen LogP contribution >= 0.6 is 0 Å². The van der Waals surface area contributed by atoms with Gasteiger partial charge in [0.15, 0.2) is 0 Å². The molecule has 1 aliphatic heterocycles. The molecule has 1 heterocycles. The summed E-state index contributed by atoms with van der Waals surface area (Å²) in [6, 6.07) is 11.6. The second kappa shape index (κ2) is 5.16. The third-order valence-electron chi connectivity index (χ3n) is 5.44. The minimum atomic E-state index is 0.763. The molecule has 3 aliphatic rings. The van der Waals surface area contributed by atoms with Crippen LogP contribution in [-0.4, -0.2) is 36.1 Å². The molecule has 108 valence electrons. The molecule has 3 fully saturated rings. The molecule has 2 aliphatic carbocycles. The second-order valence-electron chi connectivity index (χ2n) is 7.15. The molecule has 1 aromatic rings. The van der Waals surface area contributed by atoms with E-state index in [4.69, 9.17) is 0 Å². The fourth-order valence-corrected chi connectivity index (χ4v) is 3.89. The van der Waals surface area contributed by atoms with E-state index in [9.17, 15) is 0 Å². The Bertz CT molecular complexity index is 457. The van der Waals surface area contributed by atoms with Crippen molar-refractivity contribution in [2.24, 2.45) is 0 Å². The second-order valence-corrected chi connectivity index (χ2v) is 7.15. The highest BCUT2D eigenvalue weighted by atomic mass is 15.2. The molecule has 0 amide bonds. The SMILES string of the molecule is Cc1ccc(C2CC(NC3CCN(C4CC4)C3)C2)cc1. The smallest absolute Gasteiger partial charge is 0.0209 e. The molecule has 1 aromatic carbocycles. The molecule has 20 heavy (non-hydrogen) atoms.